The van der Waals surface area contributed by atoms with Crippen molar-refractivity contribution in [2.75, 3.05) is 6.26 Å². The molecule has 1 aromatic heterocycles. The highest BCUT2D eigenvalue weighted by Gasteiger charge is 2.18. The van der Waals surface area contributed by atoms with Crippen LogP contribution in [0.1, 0.15) is 11.1 Å². The van der Waals surface area contributed by atoms with Crippen molar-refractivity contribution in [1.29, 1.82) is 0 Å². The Hall–Kier alpha value is -2.22. The molecule has 0 spiro atoms. The van der Waals surface area contributed by atoms with Crippen molar-refractivity contribution < 1.29 is 13.5 Å². The molecule has 0 saturated heterocycles. The van der Waals surface area contributed by atoms with Crippen molar-refractivity contribution in [1.82, 2.24) is 9.29 Å². The van der Waals surface area contributed by atoms with Crippen LogP contribution in [-0.4, -0.2) is 29.1 Å². The van der Waals surface area contributed by atoms with Gasteiger partial charge in [0, 0.05) is 30.2 Å². The zero-order valence-electron chi connectivity index (χ0n) is 13.7. The minimum absolute atomic E-state index is 0.124. The summed E-state index contributed by atoms with van der Waals surface area (Å²) in [6, 6.07) is 14.4. The van der Waals surface area contributed by atoms with Gasteiger partial charge < -0.3 is 5.11 Å². The maximum absolute atomic E-state index is 12.1. The third kappa shape index (κ3) is 4.66. The second-order valence-corrected chi connectivity index (χ2v) is 8.61. The molecule has 0 atom stereocenters. The first kappa shape index (κ1) is 17.6. The van der Waals surface area contributed by atoms with Gasteiger partial charge in [-0.2, -0.15) is 4.31 Å². The number of hydrogen-bond donors (Lipinski definition) is 1. The molecule has 5 nitrogen and oxygen atoms in total. The van der Waals surface area contributed by atoms with Crippen LogP contribution in [0.3, 0.4) is 0 Å². The Balaban J connectivity index is 1.79. The van der Waals surface area contributed by atoms with Gasteiger partial charge in [0.1, 0.15) is 10.8 Å². The molecule has 0 amide bonds. The molecule has 3 rings (SSSR count). The van der Waals surface area contributed by atoms with Crippen molar-refractivity contribution in [3.63, 3.8) is 0 Å². The van der Waals surface area contributed by atoms with Crippen molar-refractivity contribution in [2.24, 2.45) is 0 Å². The summed E-state index contributed by atoms with van der Waals surface area (Å²) in [4.78, 5) is 4.27. The quantitative estimate of drug-likeness (QED) is 0.717. The average molecular weight is 374 g/mol. The van der Waals surface area contributed by atoms with Gasteiger partial charge in [0.15, 0.2) is 0 Å². The van der Waals surface area contributed by atoms with Crippen LogP contribution in [-0.2, 0) is 23.1 Å². The molecule has 130 valence electrons. The smallest absolute Gasteiger partial charge is 0.211 e. The summed E-state index contributed by atoms with van der Waals surface area (Å²) in [5.74, 6) is 0.124. The van der Waals surface area contributed by atoms with Crippen molar-refractivity contribution in [3.8, 4) is 16.3 Å². The molecule has 0 unspecified atom stereocenters. The van der Waals surface area contributed by atoms with Gasteiger partial charge >= 0.3 is 0 Å². The molecule has 1 heterocycles. The van der Waals surface area contributed by atoms with Gasteiger partial charge in [-0.05, 0) is 23.3 Å². The summed E-state index contributed by atoms with van der Waals surface area (Å²) in [7, 11) is -3.39. The molecule has 0 aliphatic rings. The highest BCUT2D eigenvalue weighted by Crippen LogP contribution is 2.23. The number of phenolic OH excluding ortho intramolecular Hbond substituents is 1. The number of hydrogen-bond acceptors (Lipinski definition) is 5. The minimum atomic E-state index is -3.39. The summed E-state index contributed by atoms with van der Waals surface area (Å²) in [6.45, 7) is 0.480. The van der Waals surface area contributed by atoms with Crippen LogP contribution in [0.15, 0.2) is 60.1 Å². The fraction of sp³-hybridized carbons (Fsp3) is 0.167. The van der Waals surface area contributed by atoms with E-state index in [0.717, 1.165) is 21.7 Å². The molecule has 0 aliphatic heterocycles. The van der Waals surface area contributed by atoms with Crippen LogP contribution < -0.4 is 0 Å². The second kappa shape index (κ2) is 7.35. The van der Waals surface area contributed by atoms with Crippen LogP contribution in [0.5, 0.6) is 5.75 Å². The Morgan fingerprint density at radius 2 is 1.80 bits per heavy atom. The fourth-order valence-electron chi connectivity index (χ4n) is 2.47. The molecule has 25 heavy (non-hydrogen) atoms. The highest BCUT2D eigenvalue weighted by atomic mass is 32.2. The van der Waals surface area contributed by atoms with Crippen LogP contribution in [0.2, 0.25) is 0 Å². The number of thiazole rings is 1. The number of nitrogens with zero attached hydrogens (tertiary/aromatic N) is 2. The van der Waals surface area contributed by atoms with Gasteiger partial charge in [0.2, 0.25) is 10.0 Å². The first-order valence-corrected chi connectivity index (χ1v) is 10.4. The molecule has 0 bridgehead atoms. The van der Waals surface area contributed by atoms with E-state index < -0.39 is 10.0 Å². The zero-order chi connectivity index (χ0) is 17.9. The minimum Gasteiger partial charge on any atom is -0.508 e. The van der Waals surface area contributed by atoms with E-state index in [1.54, 1.807) is 41.8 Å². The lowest BCUT2D eigenvalue weighted by atomic mass is 10.1. The van der Waals surface area contributed by atoms with Gasteiger partial charge in [0.25, 0.3) is 0 Å². The first-order chi connectivity index (χ1) is 11.9. The second-order valence-electron chi connectivity index (χ2n) is 5.74. The molecule has 0 saturated carbocycles. The van der Waals surface area contributed by atoms with Crippen LogP contribution in [0.4, 0.5) is 0 Å². The Morgan fingerprint density at radius 1 is 1.08 bits per heavy atom. The summed E-state index contributed by atoms with van der Waals surface area (Å²) in [5, 5.41) is 12.4. The van der Waals surface area contributed by atoms with E-state index in [2.05, 4.69) is 4.98 Å². The maximum atomic E-state index is 12.1. The molecule has 3 aromatic rings. The number of sulfonamides is 1. The molecule has 2 aromatic carbocycles. The van der Waals surface area contributed by atoms with Gasteiger partial charge in [-0.3, -0.25) is 0 Å². The summed E-state index contributed by atoms with van der Waals surface area (Å²) in [6.07, 6.45) is 2.95. The summed E-state index contributed by atoms with van der Waals surface area (Å²) < 4.78 is 25.7. The SMILES string of the molecule is CS(=O)(=O)N(Cc1ccc(-c2nccs2)cc1)Cc1cccc(O)c1. The molecule has 0 fully saturated rings. The van der Waals surface area contributed by atoms with E-state index in [1.807, 2.05) is 29.6 Å². The van der Waals surface area contributed by atoms with E-state index >= 15 is 0 Å². The van der Waals surface area contributed by atoms with E-state index in [9.17, 15) is 13.5 Å². The zero-order valence-corrected chi connectivity index (χ0v) is 15.3. The Bertz CT molecular complexity index is 937. The van der Waals surface area contributed by atoms with Gasteiger partial charge in [-0.15, -0.1) is 11.3 Å². The Kier molecular flexibility index (Phi) is 5.17. The molecular formula is C18H18N2O3S2. The number of rotatable bonds is 6. The van der Waals surface area contributed by atoms with Crippen molar-refractivity contribution in [3.05, 3.63) is 71.2 Å². The van der Waals surface area contributed by atoms with Crippen molar-refractivity contribution >= 4 is 21.4 Å². The molecular weight excluding hydrogens is 356 g/mol. The number of aromatic nitrogens is 1. The van der Waals surface area contributed by atoms with E-state index in [4.69, 9.17) is 0 Å². The lowest BCUT2D eigenvalue weighted by Crippen LogP contribution is -2.29. The fourth-order valence-corrected chi connectivity index (χ4v) is 3.88. The molecule has 0 aliphatic carbocycles. The van der Waals surface area contributed by atoms with Crippen LogP contribution in [0.25, 0.3) is 10.6 Å². The van der Waals surface area contributed by atoms with Crippen LogP contribution in [0, 0.1) is 0 Å². The lowest BCUT2D eigenvalue weighted by Gasteiger charge is -2.20. The highest BCUT2D eigenvalue weighted by molar-refractivity contribution is 7.88. The van der Waals surface area contributed by atoms with Gasteiger partial charge in [-0.1, -0.05) is 36.4 Å². The lowest BCUT2D eigenvalue weighted by molar-refractivity contribution is 0.403. The Labute approximate surface area is 151 Å². The average Bonchev–Trinajstić information content (AvgIpc) is 3.08. The topological polar surface area (TPSA) is 70.5 Å². The largest absolute Gasteiger partial charge is 0.508 e. The molecule has 1 N–H and O–H groups in total. The normalized spacial score (nSPS) is 11.8. The monoisotopic (exact) mass is 374 g/mol. The predicted molar refractivity (Wildman–Crippen MR) is 99.7 cm³/mol. The van der Waals surface area contributed by atoms with E-state index in [1.165, 1.54) is 10.6 Å². The number of aromatic hydroxyl groups is 1. The first-order valence-electron chi connectivity index (χ1n) is 7.64. The summed E-state index contributed by atoms with van der Waals surface area (Å²) in [5.41, 5.74) is 2.65. The Morgan fingerprint density at radius 3 is 2.40 bits per heavy atom. The van der Waals surface area contributed by atoms with E-state index in [0.29, 0.717) is 0 Å². The predicted octanol–water partition coefficient (Wildman–Crippen LogP) is 3.48. The van der Waals surface area contributed by atoms with Crippen molar-refractivity contribution in [2.45, 2.75) is 13.1 Å². The molecule has 0 radical (unpaired) electrons. The molecule has 7 heteroatoms. The third-order valence-electron chi connectivity index (χ3n) is 3.73. The van der Waals surface area contributed by atoms with Crippen LogP contribution >= 0.6 is 11.3 Å². The number of phenols is 1. The van der Waals surface area contributed by atoms with Gasteiger partial charge in [-0.25, -0.2) is 13.4 Å². The van der Waals surface area contributed by atoms with Gasteiger partial charge in [0.05, 0.1) is 6.26 Å². The number of benzene rings is 2. The standard InChI is InChI=1S/C18H18N2O3S2/c1-25(22,23)20(13-15-3-2-4-17(21)11-15)12-14-5-7-16(8-6-14)18-19-9-10-24-18/h2-11,21H,12-13H2,1H3. The third-order valence-corrected chi connectivity index (χ3v) is 5.75. The maximum Gasteiger partial charge on any atom is 0.211 e. The summed E-state index contributed by atoms with van der Waals surface area (Å²) >= 11 is 1.56. The van der Waals surface area contributed by atoms with E-state index in [-0.39, 0.29) is 18.8 Å².